The summed E-state index contributed by atoms with van der Waals surface area (Å²) in [6, 6.07) is 10.5. The van der Waals surface area contributed by atoms with Crippen molar-refractivity contribution in [1.29, 1.82) is 0 Å². The Morgan fingerprint density at radius 1 is 1.32 bits per heavy atom. The van der Waals surface area contributed by atoms with Crippen LogP contribution in [0.2, 0.25) is 0 Å². The fourth-order valence-corrected chi connectivity index (χ4v) is 2.17. The molecule has 1 aliphatic rings. The minimum absolute atomic E-state index is 0.00567. The molecule has 1 aromatic carbocycles. The Labute approximate surface area is 114 Å². The highest BCUT2D eigenvalue weighted by atomic mass is 16.3. The molecule has 1 aromatic rings. The summed E-state index contributed by atoms with van der Waals surface area (Å²) in [7, 11) is 2.00. The second kappa shape index (κ2) is 6.68. The van der Waals surface area contributed by atoms with Crippen LogP contribution in [-0.2, 0) is 11.3 Å². The minimum Gasteiger partial charge on any atom is -0.395 e. The van der Waals surface area contributed by atoms with E-state index in [1.807, 2.05) is 37.4 Å². The summed E-state index contributed by atoms with van der Waals surface area (Å²) in [5, 5.41) is 9.11. The lowest BCUT2D eigenvalue weighted by Gasteiger charge is -2.25. The zero-order chi connectivity index (χ0) is 13.7. The number of benzene rings is 1. The van der Waals surface area contributed by atoms with Gasteiger partial charge in [-0.1, -0.05) is 30.3 Å². The number of likely N-dealkylation sites (N-methyl/N-ethyl adjacent to an activating group) is 1. The average Bonchev–Trinajstić information content (AvgIpc) is 3.23. The van der Waals surface area contributed by atoms with E-state index < -0.39 is 0 Å². The molecule has 1 amide bonds. The van der Waals surface area contributed by atoms with Crippen LogP contribution in [0.4, 0.5) is 0 Å². The van der Waals surface area contributed by atoms with Crippen molar-refractivity contribution in [2.24, 2.45) is 0 Å². The van der Waals surface area contributed by atoms with Gasteiger partial charge < -0.3 is 10.0 Å². The zero-order valence-electron chi connectivity index (χ0n) is 11.5. The molecule has 0 heterocycles. The number of hydrogen-bond donors (Lipinski definition) is 1. The molecule has 1 aliphatic carbocycles. The summed E-state index contributed by atoms with van der Waals surface area (Å²) >= 11 is 0. The highest BCUT2D eigenvalue weighted by molar-refractivity contribution is 5.78. The van der Waals surface area contributed by atoms with Crippen molar-refractivity contribution < 1.29 is 9.90 Å². The van der Waals surface area contributed by atoms with Gasteiger partial charge >= 0.3 is 0 Å². The van der Waals surface area contributed by atoms with E-state index in [1.54, 1.807) is 4.90 Å². The van der Waals surface area contributed by atoms with Crippen molar-refractivity contribution in [1.82, 2.24) is 9.80 Å². The molecular formula is C15H22N2O2. The summed E-state index contributed by atoms with van der Waals surface area (Å²) in [6.45, 7) is 1.41. The van der Waals surface area contributed by atoms with Gasteiger partial charge in [0, 0.05) is 19.1 Å². The van der Waals surface area contributed by atoms with Crippen molar-refractivity contribution in [3.8, 4) is 0 Å². The molecule has 104 valence electrons. The first-order chi connectivity index (χ1) is 9.20. The molecule has 1 N–H and O–H groups in total. The van der Waals surface area contributed by atoms with E-state index in [4.69, 9.17) is 5.11 Å². The molecular weight excluding hydrogens is 240 g/mol. The number of amides is 1. The first-order valence-corrected chi connectivity index (χ1v) is 6.83. The summed E-state index contributed by atoms with van der Waals surface area (Å²) in [5.74, 6) is 0.0901. The monoisotopic (exact) mass is 262 g/mol. The molecule has 1 saturated carbocycles. The molecule has 0 atom stereocenters. The van der Waals surface area contributed by atoms with E-state index >= 15 is 0 Å². The molecule has 0 bridgehead atoms. The number of rotatable bonds is 7. The molecule has 0 radical (unpaired) electrons. The van der Waals surface area contributed by atoms with Crippen LogP contribution in [0.15, 0.2) is 30.3 Å². The van der Waals surface area contributed by atoms with Crippen molar-refractivity contribution in [2.75, 3.05) is 26.7 Å². The van der Waals surface area contributed by atoms with E-state index in [-0.39, 0.29) is 12.5 Å². The van der Waals surface area contributed by atoms with E-state index in [9.17, 15) is 4.79 Å². The molecule has 0 unspecified atom stereocenters. The Bertz CT molecular complexity index is 404. The van der Waals surface area contributed by atoms with Gasteiger partial charge in [-0.05, 0) is 25.5 Å². The molecule has 0 aliphatic heterocycles. The van der Waals surface area contributed by atoms with Crippen molar-refractivity contribution in [2.45, 2.75) is 25.4 Å². The summed E-state index contributed by atoms with van der Waals surface area (Å²) in [6.07, 6.45) is 2.39. The standard InChI is InChI=1S/C15H22N2O2/c1-16(14-7-8-14)12-15(19)17(9-10-18)11-13-5-3-2-4-6-13/h2-6,14,18H,7-12H2,1H3. The maximum atomic E-state index is 12.3. The molecule has 2 rings (SSSR count). The van der Waals surface area contributed by atoms with Gasteiger partial charge in [-0.25, -0.2) is 0 Å². The summed E-state index contributed by atoms with van der Waals surface area (Å²) in [4.78, 5) is 16.1. The second-order valence-corrected chi connectivity index (χ2v) is 5.17. The van der Waals surface area contributed by atoms with Crippen LogP contribution in [0.5, 0.6) is 0 Å². The maximum Gasteiger partial charge on any atom is 0.237 e. The Morgan fingerprint density at radius 3 is 2.58 bits per heavy atom. The van der Waals surface area contributed by atoms with Crippen molar-refractivity contribution >= 4 is 5.91 Å². The van der Waals surface area contributed by atoms with Crippen LogP contribution in [0.25, 0.3) is 0 Å². The normalized spacial score (nSPS) is 14.7. The maximum absolute atomic E-state index is 12.3. The topological polar surface area (TPSA) is 43.8 Å². The van der Waals surface area contributed by atoms with Crippen LogP contribution in [0, 0.1) is 0 Å². The molecule has 1 fully saturated rings. The van der Waals surface area contributed by atoms with E-state index in [2.05, 4.69) is 4.90 Å². The molecule has 4 heteroatoms. The van der Waals surface area contributed by atoms with Crippen LogP contribution >= 0.6 is 0 Å². The second-order valence-electron chi connectivity index (χ2n) is 5.17. The first kappa shape index (κ1) is 14.0. The predicted molar refractivity (Wildman–Crippen MR) is 74.6 cm³/mol. The lowest BCUT2D eigenvalue weighted by Crippen LogP contribution is -2.40. The lowest BCUT2D eigenvalue weighted by molar-refractivity contribution is -0.133. The number of carbonyl (C=O) groups is 1. The van der Waals surface area contributed by atoms with Gasteiger partial charge in [0.2, 0.25) is 5.91 Å². The molecule has 0 saturated heterocycles. The fraction of sp³-hybridized carbons (Fsp3) is 0.533. The van der Waals surface area contributed by atoms with E-state index in [1.165, 1.54) is 12.8 Å². The molecule has 19 heavy (non-hydrogen) atoms. The largest absolute Gasteiger partial charge is 0.395 e. The van der Waals surface area contributed by atoms with Crippen LogP contribution in [0.1, 0.15) is 18.4 Å². The van der Waals surface area contributed by atoms with Crippen molar-refractivity contribution in [3.05, 3.63) is 35.9 Å². The van der Waals surface area contributed by atoms with Gasteiger partial charge in [-0.3, -0.25) is 9.69 Å². The quantitative estimate of drug-likeness (QED) is 0.800. The average molecular weight is 262 g/mol. The zero-order valence-corrected chi connectivity index (χ0v) is 11.5. The van der Waals surface area contributed by atoms with Crippen LogP contribution < -0.4 is 0 Å². The highest BCUT2D eigenvalue weighted by Crippen LogP contribution is 2.25. The molecule has 4 nitrogen and oxygen atoms in total. The Hall–Kier alpha value is -1.39. The third kappa shape index (κ3) is 4.33. The number of hydrogen-bond acceptors (Lipinski definition) is 3. The van der Waals surface area contributed by atoms with Crippen LogP contribution in [0.3, 0.4) is 0 Å². The van der Waals surface area contributed by atoms with Crippen molar-refractivity contribution in [3.63, 3.8) is 0 Å². The van der Waals surface area contributed by atoms with Gasteiger partial charge in [0.15, 0.2) is 0 Å². The number of aliphatic hydroxyl groups is 1. The Kier molecular flexibility index (Phi) is 4.93. The third-order valence-electron chi connectivity index (χ3n) is 3.49. The van der Waals surface area contributed by atoms with Gasteiger partial charge in [0.05, 0.1) is 13.2 Å². The summed E-state index contributed by atoms with van der Waals surface area (Å²) < 4.78 is 0. The van der Waals surface area contributed by atoms with Crippen LogP contribution in [-0.4, -0.2) is 53.6 Å². The fourth-order valence-electron chi connectivity index (χ4n) is 2.17. The summed E-state index contributed by atoms with van der Waals surface area (Å²) in [5.41, 5.74) is 1.10. The predicted octanol–water partition coefficient (Wildman–Crippen LogP) is 1.10. The Balaban J connectivity index is 1.92. The van der Waals surface area contributed by atoms with Gasteiger partial charge in [0.1, 0.15) is 0 Å². The van der Waals surface area contributed by atoms with E-state index in [0.717, 1.165) is 5.56 Å². The number of aliphatic hydroxyl groups excluding tert-OH is 1. The SMILES string of the molecule is CN(CC(=O)N(CCO)Cc1ccccc1)C1CC1. The number of carbonyl (C=O) groups excluding carboxylic acids is 1. The Morgan fingerprint density at radius 2 is 2.00 bits per heavy atom. The highest BCUT2D eigenvalue weighted by Gasteiger charge is 2.28. The third-order valence-corrected chi connectivity index (χ3v) is 3.49. The minimum atomic E-state index is 0.00567. The number of nitrogens with zero attached hydrogens (tertiary/aromatic N) is 2. The molecule has 0 aromatic heterocycles. The smallest absolute Gasteiger partial charge is 0.237 e. The van der Waals surface area contributed by atoms with Gasteiger partial charge in [-0.15, -0.1) is 0 Å². The van der Waals surface area contributed by atoms with Gasteiger partial charge in [0.25, 0.3) is 0 Å². The van der Waals surface area contributed by atoms with Gasteiger partial charge in [-0.2, -0.15) is 0 Å². The lowest BCUT2D eigenvalue weighted by atomic mass is 10.2. The first-order valence-electron chi connectivity index (χ1n) is 6.83. The molecule has 0 spiro atoms. The van der Waals surface area contributed by atoms with E-state index in [0.29, 0.717) is 25.7 Å².